The van der Waals surface area contributed by atoms with Crippen molar-refractivity contribution in [1.82, 2.24) is 14.9 Å². The van der Waals surface area contributed by atoms with Crippen LogP contribution in [-0.2, 0) is 6.42 Å². The second-order valence-corrected chi connectivity index (χ2v) is 6.25. The molecule has 5 heteroatoms. The number of likely N-dealkylation sites (tertiary alicyclic amines) is 1. The minimum Gasteiger partial charge on any atom is -0.478 e. The quantitative estimate of drug-likeness (QED) is 0.940. The Labute approximate surface area is 136 Å². The number of carboxylic acid groups (broad SMARTS) is 1. The Morgan fingerprint density at radius 3 is 2.91 bits per heavy atom. The van der Waals surface area contributed by atoms with Crippen molar-refractivity contribution in [2.45, 2.75) is 19.3 Å². The summed E-state index contributed by atoms with van der Waals surface area (Å²) < 4.78 is 0. The van der Waals surface area contributed by atoms with E-state index >= 15 is 0 Å². The predicted octanol–water partition coefficient (Wildman–Crippen LogP) is 2.73. The fourth-order valence-electron chi connectivity index (χ4n) is 3.16. The molecule has 1 atom stereocenters. The van der Waals surface area contributed by atoms with Crippen LogP contribution in [0.2, 0.25) is 0 Å². The van der Waals surface area contributed by atoms with Crippen LogP contribution in [0.1, 0.15) is 28.9 Å². The monoisotopic (exact) mass is 311 g/mol. The summed E-state index contributed by atoms with van der Waals surface area (Å²) in [5, 5.41) is 9.06. The van der Waals surface area contributed by atoms with Crippen LogP contribution in [0.3, 0.4) is 0 Å². The van der Waals surface area contributed by atoms with Crippen molar-refractivity contribution in [3.05, 3.63) is 47.9 Å². The highest BCUT2D eigenvalue weighted by molar-refractivity contribution is 5.89. The number of hydrogen-bond acceptors (Lipinski definition) is 4. The van der Waals surface area contributed by atoms with E-state index in [9.17, 15) is 4.79 Å². The van der Waals surface area contributed by atoms with Gasteiger partial charge < -0.3 is 10.0 Å². The molecular formula is C18H21N3O2. The summed E-state index contributed by atoms with van der Waals surface area (Å²) in [4.78, 5) is 22.4. The van der Waals surface area contributed by atoms with Gasteiger partial charge in [0.2, 0.25) is 0 Å². The van der Waals surface area contributed by atoms with Crippen LogP contribution >= 0.6 is 0 Å². The van der Waals surface area contributed by atoms with Gasteiger partial charge in [-0.15, -0.1) is 0 Å². The second-order valence-electron chi connectivity index (χ2n) is 6.25. The summed E-state index contributed by atoms with van der Waals surface area (Å²) in [5.74, 6) is -0.290. The van der Waals surface area contributed by atoms with Crippen LogP contribution in [-0.4, -0.2) is 46.1 Å². The highest BCUT2D eigenvalue weighted by Gasteiger charge is 2.18. The first-order valence-corrected chi connectivity index (χ1v) is 7.95. The number of aromatic nitrogens is 2. The van der Waals surface area contributed by atoms with Crippen molar-refractivity contribution in [3.63, 3.8) is 0 Å². The van der Waals surface area contributed by atoms with Gasteiger partial charge in [-0.25, -0.2) is 4.79 Å². The summed E-state index contributed by atoms with van der Waals surface area (Å²) in [6.07, 6.45) is 7.00. The van der Waals surface area contributed by atoms with E-state index in [1.807, 2.05) is 12.3 Å². The molecule has 0 aliphatic carbocycles. The molecule has 1 aliphatic rings. The zero-order valence-electron chi connectivity index (χ0n) is 13.3. The molecule has 1 aromatic carbocycles. The molecule has 0 bridgehead atoms. The number of hydrogen-bond donors (Lipinski definition) is 1. The smallest absolute Gasteiger partial charge is 0.335 e. The Morgan fingerprint density at radius 2 is 2.22 bits per heavy atom. The highest BCUT2D eigenvalue weighted by Crippen LogP contribution is 2.21. The first-order chi connectivity index (χ1) is 11.1. The molecule has 5 nitrogen and oxygen atoms in total. The normalized spacial score (nSPS) is 18.7. The van der Waals surface area contributed by atoms with E-state index in [1.54, 1.807) is 24.4 Å². The van der Waals surface area contributed by atoms with Crippen molar-refractivity contribution >= 4 is 5.97 Å². The van der Waals surface area contributed by atoms with Crippen LogP contribution in [0.5, 0.6) is 0 Å². The van der Waals surface area contributed by atoms with Gasteiger partial charge in [0, 0.05) is 18.3 Å². The van der Waals surface area contributed by atoms with Crippen molar-refractivity contribution in [1.29, 1.82) is 0 Å². The largest absolute Gasteiger partial charge is 0.478 e. The molecule has 1 aromatic heterocycles. The molecule has 0 amide bonds. The van der Waals surface area contributed by atoms with E-state index in [0.29, 0.717) is 11.6 Å². The molecule has 23 heavy (non-hydrogen) atoms. The van der Waals surface area contributed by atoms with Crippen molar-refractivity contribution in [2.24, 2.45) is 5.92 Å². The molecule has 120 valence electrons. The van der Waals surface area contributed by atoms with Gasteiger partial charge in [-0.2, -0.15) is 0 Å². The van der Waals surface area contributed by atoms with E-state index < -0.39 is 5.97 Å². The summed E-state index contributed by atoms with van der Waals surface area (Å²) in [6.45, 7) is 2.30. The molecule has 0 spiro atoms. The molecule has 0 unspecified atom stereocenters. The number of nitrogens with zero attached hydrogens (tertiary/aromatic N) is 3. The minimum absolute atomic E-state index is 0.263. The van der Waals surface area contributed by atoms with Gasteiger partial charge in [0.05, 0.1) is 23.1 Å². The third kappa shape index (κ3) is 3.93. The first-order valence-electron chi connectivity index (χ1n) is 7.95. The number of benzene rings is 1. The number of carbonyl (C=O) groups is 1. The number of piperidine rings is 1. The fraction of sp³-hybridized carbons (Fsp3) is 0.389. The zero-order chi connectivity index (χ0) is 16.2. The zero-order valence-corrected chi connectivity index (χ0v) is 13.3. The molecule has 3 rings (SSSR count). The Hall–Kier alpha value is -2.27. The molecule has 1 fully saturated rings. The van der Waals surface area contributed by atoms with Crippen molar-refractivity contribution < 1.29 is 9.90 Å². The molecule has 0 radical (unpaired) electrons. The van der Waals surface area contributed by atoms with E-state index in [1.165, 1.54) is 19.4 Å². The van der Waals surface area contributed by atoms with E-state index in [2.05, 4.69) is 21.9 Å². The Balaban J connectivity index is 1.72. The SMILES string of the molecule is CN1CCC[C@@H](Cc2cnc(-c3cccc(C(=O)O)c3)cn2)C1. The first kappa shape index (κ1) is 15.6. The van der Waals surface area contributed by atoms with E-state index in [-0.39, 0.29) is 5.56 Å². The topological polar surface area (TPSA) is 66.3 Å². The third-order valence-electron chi connectivity index (χ3n) is 4.33. The summed E-state index contributed by atoms with van der Waals surface area (Å²) in [7, 11) is 2.16. The maximum atomic E-state index is 11.0. The van der Waals surface area contributed by atoms with Gasteiger partial charge in [0.1, 0.15) is 0 Å². The van der Waals surface area contributed by atoms with Gasteiger partial charge in [-0.05, 0) is 50.9 Å². The van der Waals surface area contributed by atoms with Gasteiger partial charge in [-0.1, -0.05) is 12.1 Å². The van der Waals surface area contributed by atoms with E-state index in [4.69, 9.17) is 5.11 Å². The van der Waals surface area contributed by atoms with Crippen LogP contribution in [0, 0.1) is 5.92 Å². The molecule has 1 N–H and O–H groups in total. The molecule has 0 saturated carbocycles. The summed E-state index contributed by atoms with van der Waals surface area (Å²) >= 11 is 0. The van der Waals surface area contributed by atoms with Crippen LogP contribution < -0.4 is 0 Å². The fourth-order valence-corrected chi connectivity index (χ4v) is 3.16. The number of aromatic carboxylic acids is 1. The molecule has 2 heterocycles. The maximum Gasteiger partial charge on any atom is 0.335 e. The Kier molecular flexibility index (Phi) is 4.67. The molecule has 2 aromatic rings. The Bertz CT molecular complexity index is 685. The van der Waals surface area contributed by atoms with Gasteiger partial charge in [0.25, 0.3) is 0 Å². The van der Waals surface area contributed by atoms with Gasteiger partial charge in [-0.3, -0.25) is 9.97 Å². The maximum absolute atomic E-state index is 11.0. The number of carboxylic acids is 1. The van der Waals surface area contributed by atoms with Crippen LogP contribution in [0.15, 0.2) is 36.7 Å². The lowest BCUT2D eigenvalue weighted by Crippen LogP contribution is -2.33. The second kappa shape index (κ2) is 6.87. The van der Waals surface area contributed by atoms with Crippen molar-refractivity contribution in [3.8, 4) is 11.3 Å². The lowest BCUT2D eigenvalue weighted by atomic mass is 9.94. The van der Waals surface area contributed by atoms with E-state index in [0.717, 1.165) is 24.2 Å². The standard InChI is InChI=1S/C18H21N3O2/c1-21-7-3-4-13(12-21)8-16-10-20-17(11-19-16)14-5-2-6-15(9-14)18(22)23/h2,5-6,9-11,13H,3-4,7-8,12H2,1H3,(H,22,23)/t13-/m0/s1. The minimum atomic E-state index is -0.933. The van der Waals surface area contributed by atoms with Crippen LogP contribution in [0.4, 0.5) is 0 Å². The van der Waals surface area contributed by atoms with Gasteiger partial charge in [0.15, 0.2) is 0 Å². The molecule has 1 aliphatic heterocycles. The average molecular weight is 311 g/mol. The van der Waals surface area contributed by atoms with Crippen LogP contribution in [0.25, 0.3) is 11.3 Å². The third-order valence-corrected chi connectivity index (χ3v) is 4.33. The molecular weight excluding hydrogens is 290 g/mol. The lowest BCUT2D eigenvalue weighted by molar-refractivity contribution is 0.0697. The highest BCUT2D eigenvalue weighted by atomic mass is 16.4. The van der Waals surface area contributed by atoms with Crippen molar-refractivity contribution in [2.75, 3.05) is 20.1 Å². The lowest BCUT2D eigenvalue weighted by Gasteiger charge is -2.29. The summed E-state index contributed by atoms with van der Waals surface area (Å²) in [6, 6.07) is 6.79. The number of rotatable bonds is 4. The van der Waals surface area contributed by atoms with Gasteiger partial charge >= 0.3 is 5.97 Å². The Morgan fingerprint density at radius 1 is 1.35 bits per heavy atom. The predicted molar refractivity (Wildman–Crippen MR) is 88.4 cm³/mol. The summed E-state index contributed by atoms with van der Waals surface area (Å²) in [5.41, 5.74) is 2.75. The molecule has 1 saturated heterocycles. The average Bonchev–Trinajstić information content (AvgIpc) is 2.56.